The van der Waals surface area contributed by atoms with Crippen LogP contribution in [0.15, 0.2) is 18.3 Å². The van der Waals surface area contributed by atoms with Crippen LogP contribution in [0.2, 0.25) is 0 Å². The molecule has 0 atom stereocenters. The summed E-state index contributed by atoms with van der Waals surface area (Å²) in [6, 6.07) is 5.78. The highest BCUT2D eigenvalue weighted by Crippen LogP contribution is 2.40. The van der Waals surface area contributed by atoms with Gasteiger partial charge in [-0.15, -0.1) is 0 Å². The molecule has 6 heteroatoms. The fraction of sp³-hybridized carbons (Fsp3) is 0.562. The van der Waals surface area contributed by atoms with Gasteiger partial charge in [-0.05, 0) is 18.6 Å². The van der Waals surface area contributed by atoms with E-state index in [4.69, 9.17) is 10.00 Å². The molecule has 1 aromatic rings. The van der Waals surface area contributed by atoms with E-state index in [9.17, 15) is 4.79 Å². The van der Waals surface area contributed by atoms with Crippen LogP contribution in [0.25, 0.3) is 0 Å². The molecule has 3 heterocycles. The molecule has 0 N–H and O–H groups in total. The number of likely N-dealkylation sites (tertiary alicyclic amines) is 1. The smallest absolute Gasteiger partial charge is 0.224 e. The van der Waals surface area contributed by atoms with E-state index in [0.717, 1.165) is 38.4 Å². The second kappa shape index (κ2) is 5.93. The van der Waals surface area contributed by atoms with Crippen LogP contribution in [0.3, 0.4) is 0 Å². The van der Waals surface area contributed by atoms with E-state index in [1.165, 1.54) is 0 Å². The van der Waals surface area contributed by atoms with Crippen LogP contribution < -0.4 is 4.90 Å². The molecule has 2 aliphatic rings. The summed E-state index contributed by atoms with van der Waals surface area (Å²) in [5.74, 6) is 1.10. The highest BCUT2D eigenvalue weighted by Gasteiger charge is 2.49. The van der Waals surface area contributed by atoms with Gasteiger partial charge in [0.15, 0.2) is 0 Å². The average Bonchev–Trinajstić information content (AvgIpc) is 2.97. The zero-order valence-corrected chi connectivity index (χ0v) is 12.8. The third kappa shape index (κ3) is 2.77. The average molecular weight is 300 g/mol. The Balaban J connectivity index is 1.55. The molecule has 2 saturated heterocycles. The predicted molar refractivity (Wildman–Crippen MR) is 81.3 cm³/mol. The molecule has 0 unspecified atom stereocenters. The molecule has 0 saturated carbocycles. The molecular formula is C16H20N4O2. The molecule has 0 radical (unpaired) electrons. The van der Waals surface area contributed by atoms with Gasteiger partial charge in [0.25, 0.3) is 0 Å². The first kappa shape index (κ1) is 14.8. The standard InChI is InChI=1S/C16H20N4O2/c1-22-7-4-15(21)20-11-16(12-20)5-6-19(10-16)14-3-2-13(8-17)9-18-14/h2-3,9H,4-7,10-12H2,1H3. The summed E-state index contributed by atoms with van der Waals surface area (Å²) in [5, 5.41) is 8.82. The van der Waals surface area contributed by atoms with Crippen LogP contribution in [0.4, 0.5) is 5.82 Å². The Morgan fingerprint density at radius 3 is 2.91 bits per heavy atom. The summed E-state index contributed by atoms with van der Waals surface area (Å²) in [4.78, 5) is 20.5. The Morgan fingerprint density at radius 2 is 2.27 bits per heavy atom. The first-order valence-electron chi connectivity index (χ1n) is 7.54. The normalized spacial score (nSPS) is 19.1. The number of ether oxygens (including phenoxy) is 1. The van der Waals surface area contributed by atoms with Crippen molar-refractivity contribution in [2.45, 2.75) is 12.8 Å². The summed E-state index contributed by atoms with van der Waals surface area (Å²) in [5.41, 5.74) is 0.800. The lowest BCUT2D eigenvalue weighted by molar-refractivity contribution is -0.143. The molecule has 3 rings (SSSR count). The SMILES string of the molecule is COCCC(=O)N1CC2(CCN(c3ccc(C#N)cn3)C2)C1. The number of methoxy groups -OCH3 is 1. The summed E-state index contributed by atoms with van der Waals surface area (Å²) < 4.78 is 4.96. The lowest BCUT2D eigenvalue weighted by Gasteiger charge is -2.48. The third-order valence-electron chi connectivity index (χ3n) is 4.56. The molecule has 1 spiro atoms. The van der Waals surface area contributed by atoms with Gasteiger partial charge < -0.3 is 14.5 Å². The van der Waals surface area contributed by atoms with Crippen molar-refractivity contribution >= 4 is 11.7 Å². The monoisotopic (exact) mass is 300 g/mol. The van der Waals surface area contributed by atoms with Gasteiger partial charge in [-0.1, -0.05) is 0 Å². The van der Waals surface area contributed by atoms with Gasteiger partial charge in [-0.25, -0.2) is 4.98 Å². The Morgan fingerprint density at radius 1 is 1.45 bits per heavy atom. The van der Waals surface area contributed by atoms with Crippen LogP contribution >= 0.6 is 0 Å². The lowest BCUT2D eigenvalue weighted by Crippen LogP contribution is -2.59. The van der Waals surface area contributed by atoms with Gasteiger partial charge in [0, 0.05) is 44.9 Å². The molecule has 2 aliphatic heterocycles. The highest BCUT2D eigenvalue weighted by atomic mass is 16.5. The number of amides is 1. The predicted octanol–water partition coefficient (Wildman–Crippen LogP) is 1.03. The van der Waals surface area contributed by atoms with Gasteiger partial charge in [0.2, 0.25) is 5.91 Å². The minimum absolute atomic E-state index is 0.183. The quantitative estimate of drug-likeness (QED) is 0.830. The van der Waals surface area contributed by atoms with Crippen molar-refractivity contribution < 1.29 is 9.53 Å². The first-order valence-corrected chi connectivity index (χ1v) is 7.54. The van der Waals surface area contributed by atoms with Gasteiger partial charge in [0.05, 0.1) is 18.6 Å². The lowest BCUT2D eigenvalue weighted by atomic mass is 9.79. The number of nitriles is 1. The van der Waals surface area contributed by atoms with Crippen molar-refractivity contribution in [3.05, 3.63) is 23.9 Å². The van der Waals surface area contributed by atoms with Crippen molar-refractivity contribution in [1.29, 1.82) is 5.26 Å². The number of anilines is 1. The maximum Gasteiger partial charge on any atom is 0.224 e. The van der Waals surface area contributed by atoms with E-state index < -0.39 is 0 Å². The van der Waals surface area contributed by atoms with Crippen LogP contribution in [0, 0.1) is 16.7 Å². The first-order chi connectivity index (χ1) is 10.7. The number of carbonyl (C=O) groups is 1. The largest absolute Gasteiger partial charge is 0.384 e. The van der Waals surface area contributed by atoms with E-state index in [0.29, 0.717) is 18.6 Å². The molecular weight excluding hydrogens is 280 g/mol. The van der Waals surface area contributed by atoms with Gasteiger partial charge in [-0.3, -0.25) is 4.79 Å². The number of hydrogen-bond acceptors (Lipinski definition) is 5. The van der Waals surface area contributed by atoms with Crippen molar-refractivity contribution in [3.63, 3.8) is 0 Å². The van der Waals surface area contributed by atoms with Crippen molar-refractivity contribution in [3.8, 4) is 6.07 Å². The topological polar surface area (TPSA) is 69.5 Å². The number of carbonyl (C=O) groups excluding carboxylic acids is 1. The van der Waals surface area contributed by atoms with Crippen molar-refractivity contribution in [2.75, 3.05) is 44.8 Å². The Labute approximate surface area is 130 Å². The molecule has 6 nitrogen and oxygen atoms in total. The number of hydrogen-bond donors (Lipinski definition) is 0. The fourth-order valence-corrected chi connectivity index (χ4v) is 3.32. The van der Waals surface area contributed by atoms with E-state index in [1.54, 1.807) is 19.4 Å². The maximum absolute atomic E-state index is 11.9. The van der Waals surface area contributed by atoms with Crippen molar-refractivity contribution in [2.24, 2.45) is 5.41 Å². The van der Waals surface area contributed by atoms with E-state index in [-0.39, 0.29) is 11.3 Å². The van der Waals surface area contributed by atoms with Crippen LogP contribution in [0.1, 0.15) is 18.4 Å². The second-order valence-electron chi connectivity index (χ2n) is 6.18. The third-order valence-corrected chi connectivity index (χ3v) is 4.56. The summed E-state index contributed by atoms with van der Waals surface area (Å²) in [6.07, 6.45) is 3.16. The number of pyridine rings is 1. The van der Waals surface area contributed by atoms with E-state index >= 15 is 0 Å². The minimum atomic E-state index is 0.183. The fourth-order valence-electron chi connectivity index (χ4n) is 3.32. The molecule has 0 aromatic carbocycles. The molecule has 2 fully saturated rings. The summed E-state index contributed by atoms with van der Waals surface area (Å²) in [6.45, 7) is 4.05. The van der Waals surface area contributed by atoms with E-state index in [2.05, 4.69) is 16.0 Å². The number of nitrogens with zero attached hydrogens (tertiary/aromatic N) is 4. The van der Waals surface area contributed by atoms with Crippen molar-refractivity contribution in [1.82, 2.24) is 9.88 Å². The zero-order chi connectivity index (χ0) is 15.6. The molecule has 116 valence electrons. The van der Waals surface area contributed by atoms with Crippen LogP contribution in [0.5, 0.6) is 0 Å². The second-order valence-corrected chi connectivity index (χ2v) is 6.18. The molecule has 1 aromatic heterocycles. The summed E-state index contributed by atoms with van der Waals surface area (Å²) >= 11 is 0. The Kier molecular flexibility index (Phi) is 3.99. The summed E-state index contributed by atoms with van der Waals surface area (Å²) in [7, 11) is 1.62. The Bertz CT molecular complexity index is 587. The van der Waals surface area contributed by atoms with Gasteiger partial charge >= 0.3 is 0 Å². The van der Waals surface area contributed by atoms with Crippen LogP contribution in [-0.4, -0.2) is 55.7 Å². The maximum atomic E-state index is 11.9. The van der Waals surface area contributed by atoms with Gasteiger partial charge in [-0.2, -0.15) is 5.26 Å². The molecule has 1 amide bonds. The molecule has 0 aliphatic carbocycles. The highest BCUT2D eigenvalue weighted by molar-refractivity contribution is 5.77. The Hall–Kier alpha value is -2.13. The van der Waals surface area contributed by atoms with Crippen LogP contribution in [-0.2, 0) is 9.53 Å². The number of rotatable bonds is 4. The zero-order valence-electron chi connectivity index (χ0n) is 12.8. The van der Waals surface area contributed by atoms with Gasteiger partial charge in [0.1, 0.15) is 11.9 Å². The molecule has 22 heavy (non-hydrogen) atoms. The van der Waals surface area contributed by atoms with E-state index in [1.807, 2.05) is 11.0 Å². The minimum Gasteiger partial charge on any atom is -0.384 e. The number of aromatic nitrogens is 1. The molecule has 0 bridgehead atoms.